The zero-order chi connectivity index (χ0) is 14.6. The highest BCUT2D eigenvalue weighted by Gasteiger charge is 2.34. The number of nitrogens with two attached hydrogens (primary N) is 1. The average molecular weight is 315 g/mol. The van der Waals surface area contributed by atoms with Crippen LogP contribution in [0, 0.1) is 0 Å². The number of rotatable bonds is 6. The lowest BCUT2D eigenvalue weighted by Crippen LogP contribution is -2.46. The summed E-state index contributed by atoms with van der Waals surface area (Å²) in [6.45, 7) is 0.809. The zero-order valence-corrected chi connectivity index (χ0v) is 12.7. The van der Waals surface area contributed by atoms with Gasteiger partial charge in [-0.3, -0.25) is 4.90 Å². The third kappa shape index (κ3) is 3.24. The summed E-state index contributed by atoms with van der Waals surface area (Å²) in [6, 6.07) is 3.97. The quantitative estimate of drug-likeness (QED) is 0.551. The molecular weight excluding hydrogens is 296 g/mol. The Hall–Kier alpha value is -0.850. The SMILES string of the molecule is NC1=CCC(Cl)(N(CCO)CCO)C=C1c1cccs1. The molecule has 1 unspecified atom stereocenters. The Morgan fingerprint density at radius 1 is 1.35 bits per heavy atom. The summed E-state index contributed by atoms with van der Waals surface area (Å²) in [5.74, 6) is 0. The van der Waals surface area contributed by atoms with Gasteiger partial charge in [0.15, 0.2) is 0 Å². The van der Waals surface area contributed by atoms with E-state index in [0.29, 0.717) is 19.5 Å². The molecule has 0 aromatic carbocycles. The molecule has 0 bridgehead atoms. The molecule has 0 aliphatic heterocycles. The van der Waals surface area contributed by atoms with Gasteiger partial charge in [0.25, 0.3) is 0 Å². The minimum atomic E-state index is -0.756. The molecule has 1 heterocycles. The first kappa shape index (κ1) is 15.5. The molecule has 1 atom stereocenters. The van der Waals surface area contributed by atoms with Crippen LogP contribution in [-0.4, -0.2) is 46.4 Å². The molecule has 0 saturated carbocycles. The van der Waals surface area contributed by atoms with Gasteiger partial charge in [0.1, 0.15) is 5.00 Å². The number of thiophene rings is 1. The van der Waals surface area contributed by atoms with Gasteiger partial charge >= 0.3 is 0 Å². The van der Waals surface area contributed by atoms with Gasteiger partial charge in [0.05, 0.1) is 13.2 Å². The monoisotopic (exact) mass is 314 g/mol. The number of aliphatic hydroxyl groups excluding tert-OH is 2. The van der Waals surface area contributed by atoms with Crippen molar-refractivity contribution in [2.24, 2.45) is 5.73 Å². The Labute approximate surface area is 127 Å². The van der Waals surface area contributed by atoms with Gasteiger partial charge in [-0.25, -0.2) is 0 Å². The van der Waals surface area contributed by atoms with Crippen molar-refractivity contribution in [1.82, 2.24) is 4.90 Å². The molecule has 2 rings (SSSR count). The lowest BCUT2D eigenvalue weighted by molar-refractivity contribution is 0.122. The molecule has 6 heteroatoms. The van der Waals surface area contributed by atoms with E-state index in [9.17, 15) is 0 Å². The molecule has 20 heavy (non-hydrogen) atoms. The van der Waals surface area contributed by atoms with Gasteiger partial charge in [0.2, 0.25) is 0 Å². The highest BCUT2D eigenvalue weighted by Crippen LogP contribution is 2.38. The molecule has 0 amide bonds. The fourth-order valence-electron chi connectivity index (χ4n) is 2.32. The maximum atomic E-state index is 9.17. The molecule has 1 aliphatic carbocycles. The summed E-state index contributed by atoms with van der Waals surface area (Å²) in [7, 11) is 0. The van der Waals surface area contributed by atoms with Crippen molar-refractivity contribution >= 4 is 28.5 Å². The Balaban J connectivity index is 2.32. The number of hydrogen-bond donors (Lipinski definition) is 3. The topological polar surface area (TPSA) is 69.7 Å². The standard InChI is InChI=1S/C14H19ClN2O2S/c15-14(17(5-7-18)6-8-19)4-3-12(16)11(10-14)13-2-1-9-20-13/h1-3,9-10,18-19H,4-8,16H2. The molecule has 1 aromatic rings. The summed E-state index contributed by atoms with van der Waals surface area (Å²) in [5.41, 5.74) is 7.70. The predicted molar refractivity (Wildman–Crippen MR) is 83.5 cm³/mol. The fraction of sp³-hybridized carbons (Fsp3) is 0.429. The van der Waals surface area contributed by atoms with E-state index < -0.39 is 5.00 Å². The fourth-order valence-corrected chi connectivity index (χ4v) is 3.44. The molecule has 4 N–H and O–H groups in total. The largest absolute Gasteiger partial charge is 0.398 e. The number of allylic oxidation sites excluding steroid dienone is 1. The van der Waals surface area contributed by atoms with Crippen molar-refractivity contribution in [3.63, 3.8) is 0 Å². The van der Waals surface area contributed by atoms with Crippen LogP contribution < -0.4 is 5.73 Å². The molecule has 0 fully saturated rings. The van der Waals surface area contributed by atoms with Gasteiger partial charge in [-0.05, 0) is 17.5 Å². The van der Waals surface area contributed by atoms with Crippen molar-refractivity contribution in [2.75, 3.05) is 26.3 Å². The molecule has 0 saturated heterocycles. The number of nitrogens with zero attached hydrogens (tertiary/aromatic N) is 1. The summed E-state index contributed by atoms with van der Waals surface area (Å²) in [6.07, 6.45) is 4.39. The second kappa shape index (κ2) is 6.74. The van der Waals surface area contributed by atoms with Crippen LogP contribution >= 0.6 is 22.9 Å². The minimum Gasteiger partial charge on any atom is -0.398 e. The Bertz CT molecular complexity index is 495. The van der Waals surface area contributed by atoms with E-state index in [0.717, 1.165) is 16.1 Å². The van der Waals surface area contributed by atoms with Crippen LogP contribution in [-0.2, 0) is 0 Å². The number of aliphatic hydroxyl groups is 2. The minimum absolute atomic E-state index is 0.00413. The van der Waals surface area contributed by atoms with Gasteiger partial charge in [-0.2, -0.15) is 0 Å². The van der Waals surface area contributed by atoms with Crippen LogP contribution in [0.1, 0.15) is 11.3 Å². The van der Waals surface area contributed by atoms with Crippen LogP contribution in [0.15, 0.2) is 35.4 Å². The Kier molecular flexibility index (Phi) is 5.23. The van der Waals surface area contributed by atoms with Gasteiger partial charge < -0.3 is 15.9 Å². The van der Waals surface area contributed by atoms with Crippen LogP contribution in [0.4, 0.5) is 0 Å². The highest BCUT2D eigenvalue weighted by atomic mass is 35.5. The molecule has 4 nitrogen and oxygen atoms in total. The van der Waals surface area contributed by atoms with E-state index in [-0.39, 0.29) is 13.2 Å². The average Bonchev–Trinajstić information content (AvgIpc) is 2.95. The summed E-state index contributed by atoms with van der Waals surface area (Å²) < 4.78 is 0. The highest BCUT2D eigenvalue weighted by molar-refractivity contribution is 7.11. The summed E-state index contributed by atoms with van der Waals surface area (Å²) in [5, 5.41) is 20.3. The van der Waals surface area contributed by atoms with E-state index in [1.165, 1.54) is 0 Å². The second-order valence-electron chi connectivity index (χ2n) is 4.65. The van der Waals surface area contributed by atoms with E-state index >= 15 is 0 Å². The van der Waals surface area contributed by atoms with Gasteiger partial charge in [-0.1, -0.05) is 23.7 Å². The smallest absolute Gasteiger partial charge is 0.119 e. The Morgan fingerprint density at radius 3 is 2.60 bits per heavy atom. The van der Waals surface area contributed by atoms with E-state index in [1.54, 1.807) is 11.3 Å². The normalized spacial score (nSPS) is 22.8. The predicted octanol–water partition coefficient (Wildman–Crippen LogP) is 1.60. The van der Waals surface area contributed by atoms with Crippen molar-refractivity contribution in [3.8, 4) is 0 Å². The maximum absolute atomic E-state index is 9.17. The molecule has 1 aliphatic rings. The van der Waals surface area contributed by atoms with Crippen molar-refractivity contribution < 1.29 is 10.2 Å². The van der Waals surface area contributed by atoms with Gasteiger partial charge in [-0.15, -0.1) is 11.3 Å². The third-order valence-corrected chi connectivity index (χ3v) is 4.74. The van der Waals surface area contributed by atoms with Crippen molar-refractivity contribution in [1.29, 1.82) is 0 Å². The van der Waals surface area contributed by atoms with E-state index in [1.807, 2.05) is 34.6 Å². The summed E-state index contributed by atoms with van der Waals surface area (Å²) >= 11 is 8.31. The molecule has 0 spiro atoms. The Morgan fingerprint density at radius 2 is 2.05 bits per heavy atom. The first-order valence-electron chi connectivity index (χ1n) is 6.49. The summed E-state index contributed by atoms with van der Waals surface area (Å²) in [4.78, 5) is 2.18. The molecular formula is C14H19ClN2O2S. The van der Waals surface area contributed by atoms with Crippen LogP contribution in [0.3, 0.4) is 0 Å². The van der Waals surface area contributed by atoms with Crippen LogP contribution in [0.2, 0.25) is 0 Å². The number of halogens is 1. The first-order chi connectivity index (χ1) is 9.60. The first-order valence-corrected chi connectivity index (χ1v) is 7.75. The van der Waals surface area contributed by atoms with E-state index in [4.69, 9.17) is 27.5 Å². The van der Waals surface area contributed by atoms with Crippen molar-refractivity contribution in [3.05, 3.63) is 40.2 Å². The van der Waals surface area contributed by atoms with Crippen LogP contribution in [0.5, 0.6) is 0 Å². The van der Waals surface area contributed by atoms with E-state index in [2.05, 4.69) is 0 Å². The van der Waals surface area contributed by atoms with Gasteiger partial charge in [0, 0.05) is 35.7 Å². The zero-order valence-electron chi connectivity index (χ0n) is 11.1. The molecule has 1 aromatic heterocycles. The van der Waals surface area contributed by atoms with Crippen molar-refractivity contribution in [2.45, 2.75) is 11.4 Å². The lowest BCUT2D eigenvalue weighted by Gasteiger charge is -2.38. The number of alkyl halides is 1. The second-order valence-corrected chi connectivity index (χ2v) is 6.25. The lowest BCUT2D eigenvalue weighted by atomic mass is 9.96. The number of hydrogen-bond acceptors (Lipinski definition) is 5. The maximum Gasteiger partial charge on any atom is 0.119 e. The third-order valence-electron chi connectivity index (χ3n) is 3.34. The molecule has 0 radical (unpaired) electrons. The van der Waals surface area contributed by atoms with Crippen LogP contribution in [0.25, 0.3) is 5.57 Å². The molecule has 110 valence electrons.